The molecule has 27 heavy (non-hydrogen) atoms. The molecule has 1 aliphatic heterocycles. The van der Waals surface area contributed by atoms with Gasteiger partial charge in [-0.1, -0.05) is 45.0 Å². The SMILES string of the molecule is CCNC(=NCc1ccc(C(C)(C)C)cc1)NC1CCN(C(N)=O)CC1.I. The lowest BCUT2D eigenvalue weighted by molar-refractivity contribution is 0.188. The normalized spacial score (nSPS) is 15.9. The van der Waals surface area contributed by atoms with E-state index >= 15 is 0 Å². The number of nitrogens with two attached hydrogens (primary N) is 1. The monoisotopic (exact) mass is 487 g/mol. The minimum absolute atomic E-state index is 0. The van der Waals surface area contributed by atoms with Crippen molar-refractivity contribution in [1.29, 1.82) is 0 Å². The quantitative estimate of drug-likeness (QED) is 0.347. The molecule has 1 heterocycles. The summed E-state index contributed by atoms with van der Waals surface area (Å²) in [7, 11) is 0. The van der Waals surface area contributed by atoms with E-state index in [0.29, 0.717) is 25.7 Å². The Morgan fingerprint density at radius 2 is 1.81 bits per heavy atom. The van der Waals surface area contributed by atoms with E-state index < -0.39 is 0 Å². The molecule has 1 saturated heterocycles. The largest absolute Gasteiger partial charge is 0.357 e. The number of hydrogen-bond donors (Lipinski definition) is 3. The average Bonchev–Trinajstić information content (AvgIpc) is 2.60. The Hall–Kier alpha value is -1.51. The summed E-state index contributed by atoms with van der Waals surface area (Å²) in [5, 5.41) is 6.79. The minimum Gasteiger partial charge on any atom is -0.357 e. The second-order valence-corrected chi connectivity index (χ2v) is 7.89. The fourth-order valence-corrected chi connectivity index (χ4v) is 3.04. The summed E-state index contributed by atoms with van der Waals surface area (Å²) in [6, 6.07) is 8.66. The number of aliphatic imine (C=N–C) groups is 1. The van der Waals surface area contributed by atoms with Crippen LogP contribution >= 0.6 is 24.0 Å². The van der Waals surface area contributed by atoms with Gasteiger partial charge in [-0.15, -0.1) is 24.0 Å². The Morgan fingerprint density at radius 3 is 2.30 bits per heavy atom. The number of nitrogens with one attached hydrogen (secondary N) is 2. The van der Waals surface area contributed by atoms with E-state index in [9.17, 15) is 4.79 Å². The summed E-state index contributed by atoms with van der Waals surface area (Å²) in [4.78, 5) is 17.6. The summed E-state index contributed by atoms with van der Waals surface area (Å²) < 4.78 is 0. The van der Waals surface area contributed by atoms with Crippen LogP contribution in [0, 0.1) is 0 Å². The lowest BCUT2D eigenvalue weighted by atomic mass is 9.87. The van der Waals surface area contributed by atoms with E-state index in [-0.39, 0.29) is 35.4 Å². The first-order chi connectivity index (χ1) is 12.3. The van der Waals surface area contributed by atoms with Crippen molar-refractivity contribution in [2.45, 2.75) is 58.5 Å². The van der Waals surface area contributed by atoms with Crippen molar-refractivity contribution < 1.29 is 4.79 Å². The second kappa shape index (κ2) is 10.7. The topological polar surface area (TPSA) is 82.8 Å². The number of halogens is 1. The van der Waals surface area contributed by atoms with Gasteiger partial charge in [0, 0.05) is 25.7 Å². The van der Waals surface area contributed by atoms with E-state index in [4.69, 9.17) is 10.7 Å². The highest BCUT2D eigenvalue weighted by atomic mass is 127. The third-order valence-electron chi connectivity index (χ3n) is 4.73. The van der Waals surface area contributed by atoms with Crippen LogP contribution in [0.2, 0.25) is 0 Å². The molecule has 7 heteroatoms. The lowest BCUT2D eigenvalue weighted by Gasteiger charge is -2.32. The van der Waals surface area contributed by atoms with Crippen LogP contribution in [0.5, 0.6) is 0 Å². The van der Waals surface area contributed by atoms with E-state index in [0.717, 1.165) is 25.3 Å². The molecule has 2 rings (SSSR count). The maximum Gasteiger partial charge on any atom is 0.314 e. The van der Waals surface area contributed by atoms with Gasteiger partial charge in [0.2, 0.25) is 0 Å². The molecule has 6 nitrogen and oxygen atoms in total. The van der Waals surface area contributed by atoms with E-state index in [1.807, 2.05) is 0 Å². The predicted octanol–water partition coefficient (Wildman–Crippen LogP) is 3.20. The third kappa shape index (κ3) is 7.56. The zero-order valence-corrected chi connectivity index (χ0v) is 19.2. The van der Waals surface area contributed by atoms with Crippen LogP contribution in [-0.2, 0) is 12.0 Å². The summed E-state index contributed by atoms with van der Waals surface area (Å²) in [6.45, 7) is 11.6. The molecule has 2 amide bonds. The molecule has 4 N–H and O–H groups in total. The lowest BCUT2D eigenvalue weighted by Crippen LogP contribution is -2.50. The van der Waals surface area contributed by atoms with Crippen molar-refractivity contribution in [3.05, 3.63) is 35.4 Å². The van der Waals surface area contributed by atoms with Gasteiger partial charge in [0.15, 0.2) is 5.96 Å². The number of carbonyl (C=O) groups excluding carboxylic acids is 1. The molecule has 0 atom stereocenters. The van der Waals surface area contributed by atoms with E-state index in [1.165, 1.54) is 11.1 Å². The molecule has 0 radical (unpaired) electrons. The number of amides is 2. The fraction of sp³-hybridized carbons (Fsp3) is 0.600. The van der Waals surface area contributed by atoms with E-state index in [2.05, 4.69) is 62.6 Å². The molecule has 1 aliphatic rings. The Kier molecular flexibility index (Phi) is 9.35. The van der Waals surface area contributed by atoms with Crippen molar-refractivity contribution >= 4 is 36.0 Å². The first kappa shape index (κ1) is 23.5. The van der Waals surface area contributed by atoms with Gasteiger partial charge in [0.25, 0.3) is 0 Å². The number of likely N-dealkylation sites (tertiary alicyclic amines) is 1. The minimum atomic E-state index is -0.331. The molecule has 1 aromatic carbocycles. The molecule has 0 spiro atoms. The number of benzene rings is 1. The Bertz CT molecular complexity index is 616. The van der Waals surface area contributed by atoms with Gasteiger partial charge < -0.3 is 21.3 Å². The van der Waals surface area contributed by atoms with Gasteiger partial charge in [0.05, 0.1) is 6.54 Å². The number of piperidine rings is 1. The third-order valence-corrected chi connectivity index (χ3v) is 4.73. The Balaban J connectivity index is 0.00000364. The molecule has 1 aromatic rings. The van der Waals surface area contributed by atoms with Crippen LogP contribution in [-0.4, -0.2) is 42.6 Å². The molecule has 0 saturated carbocycles. The number of carbonyl (C=O) groups is 1. The van der Waals surface area contributed by atoms with Crippen molar-refractivity contribution in [2.24, 2.45) is 10.7 Å². The van der Waals surface area contributed by atoms with Crippen LogP contribution in [0.15, 0.2) is 29.3 Å². The molecule has 0 aromatic heterocycles. The van der Waals surface area contributed by atoms with Gasteiger partial charge in [-0.2, -0.15) is 0 Å². The number of rotatable bonds is 4. The van der Waals surface area contributed by atoms with Crippen molar-refractivity contribution in [3.8, 4) is 0 Å². The highest BCUT2D eigenvalue weighted by molar-refractivity contribution is 14.0. The zero-order chi connectivity index (χ0) is 19.2. The van der Waals surface area contributed by atoms with Crippen LogP contribution in [0.1, 0.15) is 51.7 Å². The van der Waals surface area contributed by atoms with Gasteiger partial charge in [0.1, 0.15) is 0 Å². The van der Waals surface area contributed by atoms with Crippen LogP contribution in [0.25, 0.3) is 0 Å². The molecular formula is C20H34IN5O. The maximum atomic E-state index is 11.2. The maximum absolute atomic E-state index is 11.2. The molecular weight excluding hydrogens is 453 g/mol. The summed E-state index contributed by atoms with van der Waals surface area (Å²) in [5.74, 6) is 0.824. The van der Waals surface area contributed by atoms with Crippen molar-refractivity contribution in [2.75, 3.05) is 19.6 Å². The van der Waals surface area contributed by atoms with Crippen molar-refractivity contribution in [3.63, 3.8) is 0 Å². The van der Waals surface area contributed by atoms with Gasteiger partial charge >= 0.3 is 6.03 Å². The average molecular weight is 487 g/mol. The Morgan fingerprint density at radius 1 is 1.22 bits per heavy atom. The van der Waals surface area contributed by atoms with Gasteiger partial charge in [-0.05, 0) is 36.3 Å². The highest BCUT2D eigenvalue weighted by Gasteiger charge is 2.21. The first-order valence-electron chi connectivity index (χ1n) is 9.48. The molecule has 0 bridgehead atoms. The smallest absolute Gasteiger partial charge is 0.314 e. The number of urea groups is 1. The van der Waals surface area contributed by atoms with Gasteiger partial charge in [-0.25, -0.2) is 9.79 Å². The second-order valence-electron chi connectivity index (χ2n) is 7.89. The van der Waals surface area contributed by atoms with E-state index in [1.54, 1.807) is 4.90 Å². The van der Waals surface area contributed by atoms with Crippen LogP contribution in [0.4, 0.5) is 4.79 Å². The number of primary amides is 1. The van der Waals surface area contributed by atoms with Crippen LogP contribution < -0.4 is 16.4 Å². The van der Waals surface area contributed by atoms with Crippen LogP contribution in [0.3, 0.4) is 0 Å². The summed E-state index contributed by atoms with van der Waals surface area (Å²) >= 11 is 0. The molecule has 0 aliphatic carbocycles. The number of nitrogens with zero attached hydrogens (tertiary/aromatic N) is 2. The predicted molar refractivity (Wildman–Crippen MR) is 123 cm³/mol. The molecule has 0 unspecified atom stereocenters. The van der Waals surface area contributed by atoms with Crippen molar-refractivity contribution in [1.82, 2.24) is 15.5 Å². The Labute approximate surface area is 180 Å². The molecule has 1 fully saturated rings. The fourth-order valence-electron chi connectivity index (χ4n) is 3.04. The standard InChI is InChI=1S/C20H33N5O.HI/c1-5-22-19(24-17-10-12-25(13-11-17)18(21)26)23-14-15-6-8-16(9-7-15)20(2,3)4;/h6-9,17H,5,10-14H2,1-4H3,(H2,21,26)(H2,22,23,24);1H. The summed E-state index contributed by atoms with van der Waals surface area (Å²) in [5.41, 5.74) is 8.03. The highest BCUT2D eigenvalue weighted by Crippen LogP contribution is 2.22. The zero-order valence-electron chi connectivity index (χ0n) is 16.9. The molecule has 152 valence electrons. The number of guanidine groups is 1. The first-order valence-corrected chi connectivity index (χ1v) is 9.48. The number of hydrogen-bond acceptors (Lipinski definition) is 2. The summed E-state index contributed by atoms with van der Waals surface area (Å²) in [6.07, 6.45) is 1.77. The van der Waals surface area contributed by atoms with Gasteiger partial charge in [-0.3, -0.25) is 0 Å².